The summed E-state index contributed by atoms with van der Waals surface area (Å²) in [6.07, 6.45) is 0. The molecule has 2 aromatic rings. The summed E-state index contributed by atoms with van der Waals surface area (Å²) in [6, 6.07) is 7.88. The molecule has 0 bridgehead atoms. The van der Waals surface area contributed by atoms with Crippen LogP contribution in [0.5, 0.6) is 5.75 Å². The van der Waals surface area contributed by atoms with Crippen LogP contribution in [0.1, 0.15) is 10.6 Å². The first-order chi connectivity index (χ1) is 8.60. The molecule has 0 saturated heterocycles. The van der Waals surface area contributed by atoms with Gasteiger partial charge >= 0.3 is 0 Å². The first kappa shape index (κ1) is 12.8. The molecule has 1 aromatic heterocycles. The van der Waals surface area contributed by atoms with Gasteiger partial charge in [-0.05, 0) is 41.9 Å². The first-order valence-electron chi connectivity index (χ1n) is 5.00. The zero-order valence-electron chi connectivity index (χ0n) is 9.37. The third kappa shape index (κ3) is 2.78. The Morgan fingerprint density at radius 3 is 2.67 bits per heavy atom. The van der Waals surface area contributed by atoms with E-state index in [1.165, 1.54) is 19.2 Å². The Morgan fingerprint density at radius 1 is 1.28 bits per heavy atom. The molecule has 6 heteroatoms. The molecule has 0 saturated carbocycles. The van der Waals surface area contributed by atoms with Crippen molar-refractivity contribution < 1.29 is 13.9 Å². The maximum atomic E-state index is 11.8. The van der Waals surface area contributed by atoms with E-state index < -0.39 is 5.91 Å². The highest BCUT2D eigenvalue weighted by Gasteiger charge is 2.13. The number of carbonyl (C=O) groups is 1. The predicted molar refractivity (Wildman–Crippen MR) is 69.7 cm³/mol. The highest BCUT2D eigenvalue weighted by atomic mass is 35.5. The number of halogens is 2. The number of anilines is 1. The lowest BCUT2D eigenvalue weighted by Gasteiger charge is -2.09. The van der Waals surface area contributed by atoms with Crippen molar-refractivity contribution in [1.29, 1.82) is 0 Å². The Labute approximate surface area is 113 Å². The minimum absolute atomic E-state index is 0.113. The average Bonchev–Trinajstić information content (AvgIpc) is 2.76. The fraction of sp³-hybridized carbons (Fsp3) is 0.0833. The highest BCUT2D eigenvalue weighted by molar-refractivity contribution is 6.31. The summed E-state index contributed by atoms with van der Waals surface area (Å²) in [5, 5.41) is 3.27. The molecule has 0 spiro atoms. The summed E-state index contributed by atoms with van der Waals surface area (Å²) in [5.41, 5.74) is 0.461. The second kappa shape index (κ2) is 5.33. The maximum absolute atomic E-state index is 11.8. The number of hydrogen-bond donors (Lipinski definition) is 1. The lowest BCUT2D eigenvalue weighted by Crippen LogP contribution is -2.11. The van der Waals surface area contributed by atoms with Crippen molar-refractivity contribution in [2.24, 2.45) is 0 Å². The van der Waals surface area contributed by atoms with Crippen molar-refractivity contribution in [2.75, 3.05) is 12.4 Å². The number of rotatable bonds is 3. The van der Waals surface area contributed by atoms with E-state index in [9.17, 15) is 4.79 Å². The SMILES string of the molecule is COc1ccc(Cl)cc1NC(=O)c1ccc(Cl)o1. The van der Waals surface area contributed by atoms with Gasteiger partial charge in [0.1, 0.15) is 5.75 Å². The van der Waals surface area contributed by atoms with Crippen LogP contribution in [0.2, 0.25) is 10.2 Å². The topological polar surface area (TPSA) is 51.5 Å². The molecule has 4 nitrogen and oxygen atoms in total. The molecule has 0 fully saturated rings. The van der Waals surface area contributed by atoms with Crippen molar-refractivity contribution in [3.05, 3.63) is 46.3 Å². The Kier molecular flexibility index (Phi) is 3.79. The number of hydrogen-bond acceptors (Lipinski definition) is 3. The van der Waals surface area contributed by atoms with Crippen LogP contribution in [0, 0.1) is 0 Å². The summed E-state index contributed by atoms with van der Waals surface area (Å²) in [6.45, 7) is 0. The minimum atomic E-state index is -0.428. The fourth-order valence-electron chi connectivity index (χ4n) is 1.40. The molecule has 0 aliphatic heterocycles. The van der Waals surface area contributed by atoms with Crippen molar-refractivity contribution >= 4 is 34.8 Å². The molecular formula is C12H9Cl2NO3. The van der Waals surface area contributed by atoms with E-state index in [2.05, 4.69) is 5.32 Å². The molecule has 0 aliphatic rings. The van der Waals surface area contributed by atoms with E-state index in [1.54, 1.807) is 18.2 Å². The molecular weight excluding hydrogens is 277 g/mol. The first-order valence-corrected chi connectivity index (χ1v) is 5.76. The standard InChI is InChI=1S/C12H9Cl2NO3/c1-17-9-3-2-7(13)6-8(9)15-12(16)10-4-5-11(14)18-10/h2-6H,1H3,(H,15,16). The number of furan rings is 1. The second-order valence-electron chi connectivity index (χ2n) is 3.40. The summed E-state index contributed by atoms with van der Waals surface area (Å²) in [7, 11) is 1.50. The Balaban J connectivity index is 2.23. The van der Waals surface area contributed by atoms with Crippen LogP contribution in [0.3, 0.4) is 0 Å². The molecule has 0 radical (unpaired) electrons. The zero-order chi connectivity index (χ0) is 13.1. The minimum Gasteiger partial charge on any atom is -0.495 e. The molecule has 0 unspecified atom stereocenters. The largest absolute Gasteiger partial charge is 0.495 e. The van der Waals surface area contributed by atoms with E-state index in [0.717, 1.165) is 0 Å². The van der Waals surface area contributed by atoms with Gasteiger partial charge in [-0.2, -0.15) is 0 Å². The van der Waals surface area contributed by atoms with Gasteiger partial charge in [0.05, 0.1) is 12.8 Å². The van der Waals surface area contributed by atoms with Crippen molar-refractivity contribution in [1.82, 2.24) is 0 Å². The molecule has 1 N–H and O–H groups in total. The van der Waals surface area contributed by atoms with Gasteiger partial charge in [0.15, 0.2) is 11.0 Å². The molecule has 0 aliphatic carbocycles. The number of carbonyl (C=O) groups excluding carboxylic acids is 1. The smallest absolute Gasteiger partial charge is 0.291 e. The number of nitrogens with one attached hydrogen (secondary N) is 1. The van der Waals surface area contributed by atoms with Gasteiger partial charge in [0, 0.05) is 5.02 Å². The van der Waals surface area contributed by atoms with Crippen LogP contribution in [-0.4, -0.2) is 13.0 Å². The van der Waals surface area contributed by atoms with Crippen LogP contribution >= 0.6 is 23.2 Å². The summed E-state index contributed by atoms with van der Waals surface area (Å²) < 4.78 is 10.1. The lowest BCUT2D eigenvalue weighted by atomic mass is 10.3. The summed E-state index contributed by atoms with van der Waals surface area (Å²) in [4.78, 5) is 11.8. The van der Waals surface area contributed by atoms with Gasteiger partial charge in [-0.25, -0.2) is 0 Å². The monoisotopic (exact) mass is 285 g/mol. The Bertz CT molecular complexity index is 580. The van der Waals surface area contributed by atoms with E-state index in [1.807, 2.05) is 0 Å². The Morgan fingerprint density at radius 2 is 2.06 bits per heavy atom. The number of amides is 1. The van der Waals surface area contributed by atoms with Crippen LogP contribution in [0.25, 0.3) is 0 Å². The number of methoxy groups -OCH3 is 1. The van der Waals surface area contributed by atoms with E-state index in [0.29, 0.717) is 16.5 Å². The highest BCUT2D eigenvalue weighted by Crippen LogP contribution is 2.28. The van der Waals surface area contributed by atoms with Gasteiger partial charge in [-0.3, -0.25) is 4.79 Å². The molecule has 1 amide bonds. The van der Waals surface area contributed by atoms with Crippen molar-refractivity contribution in [3.63, 3.8) is 0 Å². The van der Waals surface area contributed by atoms with Crippen molar-refractivity contribution in [3.8, 4) is 5.75 Å². The van der Waals surface area contributed by atoms with E-state index in [-0.39, 0.29) is 11.0 Å². The third-order valence-corrected chi connectivity index (χ3v) is 2.64. The lowest BCUT2D eigenvalue weighted by molar-refractivity contribution is 0.0996. The van der Waals surface area contributed by atoms with Crippen LogP contribution in [0.4, 0.5) is 5.69 Å². The Hall–Kier alpha value is -1.65. The van der Waals surface area contributed by atoms with Gasteiger partial charge < -0.3 is 14.5 Å². The summed E-state index contributed by atoms with van der Waals surface area (Å²) in [5.74, 6) is 0.190. The van der Waals surface area contributed by atoms with E-state index >= 15 is 0 Å². The molecule has 1 heterocycles. The predicted octanol–water partition coefficient (Wildman–Crippen LogP) is 3.85. The molecule has 18 heavy (non-hydrogen) atoms. The number of ether oxygens (including phenoxy) is 1. The summed E-state index contributed by atoms with van der Waals surface area (Å²) >= 11 is 11.5. The molecule has 2 rings (SSSR count). The third-order valence-electron chi connectivity index (χ3n) is 2.21. The van der Waals surface area contributed by atoms with E-state index in [4.69, 9.17) is 32.4 Å². The van der Waals surface area contributed by atoms with Gasteiger partial charge in [0.25, 0.3) is 5.91 Å². The van der Waals surface area contributed by atoms with Gasteiger partial charge in [-0.1, -0.05) is 11.6 Å². The normalized spacial score (nSPS) is 10.2. The second-order valence-corrected chi connectivity index (χ2v) is 4.21. The van der Waals surface area contributed by atoms with Gasteiger partial charge in [-0.15, -0.1) is 0 Å². The molecule has 1 aromatic carbocycles. The zero-order valence-corrected chi connectivity index (χ0v) is 10.9. The van der Waals surface area contributed by atoms with Crippen molar-refractivity contribution in [2.45, 2.75) is 0 Å². The number of benzene rings is 1. The molecule has 0 atom stereocenters. The van der Waals surface area contributed by atoms with Crippen LogP contribution < -0.4 is 10.1 Å². The van der Waals surface area contributed by atoms with Crippen LogP contribution in [0.15, 0.2) is 34.7 Å². The maximum Gasteiger partial charge on any atom is 0.291 e. The quantitative estimate of drug-likeness (QED) is 0.932. The fourth-order valence-corrected chi connectivity index (χ4v) is 1.72. The van der Waals surface area contributed by atoms with Crippen LogP contribution in [-0.2, 0) is 0 Å². The average molecular weight is 286 g/mol. The van der Waals surface area contributed by atoms with Gasteiger partial charge in [0.2, 0.25) is 0 Å². The molecule has 94 valence electrons.